The Morgan fingerprint density at radius 2 is 1.70 bits per heavy atom. The molecule has 6 heteroatoms. The molecule has 0 saturated heterocycles. The number of fused-ring (bicyclic) bond motifs is 1. The number of benzene rings is 2. The predicted molar refractivity (Wildman–Crippen MR) is 98.1 cm³/mol. The number of hydrogen-bond donors (Lipinski definition) is 2. The lowest BCUT2D eigenvalue weighted by Crippen LogP contribution is -2.50. The molecule has 0 aliphatic heterocycles. The van der Waals surface area contributed by atoms with E-state index in [0.29, 0.717) is 0 Å². The van der Waals surface area contributed by atoms with E-state index in [1.807, 2.05) is 24.3 Å². The van der Waals surface area contributed by atoms with Gasteiger partial charge < -0.3 is 10.6 Å². The van der Waals surface area contributed by atoms with Crippen LogP contribution in [-0.2, 0) is 11.2 Å². The van der Waals surface area contributed by atoms with E-state index in [1.54, 1.807) is 13.8 Å². The molecule has 0 aromatic heterocycles. The van der Waals surface area contributed by atoms with Crippen molar-refractivity contribution in [1.29, 1.82) is 0 Å². The molecule has 0 heterocycles. The summed E-state index contributed by atoms with van der Waals surface area (Å²) in [6.45, 7) is 3.54. The van der Waals surface area contributed by atoms with Gasteiger partial charge in [-0.2, -0.15) is 0 Å². The highest BCUT2D eigenvalue weighted by molar-refractivity contribution is 5.98. The predicted octanol–water partition coefficient (Wildman–Crippen LogP) is 3.52. The van der Waals surface area contributed by atoms with Crippen LogP contribution in [0.5, 0.6) is 0 Å². The van der Waals surface area contributed by atoms with E-state index in [-0.39, 0.29) is 17.9 Å². The molecule has 2 unspecified atom stereocenters. The second-order valence-electron chi connectivity index (χ2n) is 7.09. The minimum Gasteiger partial charge on any atom is -0.347 e. The second-order valence-corrected chi connectivity index (χ2v) is 7.09. The van der Waals surface area contributed by atoms with E-state index in [1.165, 1.54) is 11.6 Å². The van der Waals surface area contributed by atoms with Gasteiger partial charge in [-0.1, -0.05) is 44.2 Å². The average molecular weight is 372 g/mol. The molecule has 0 radical (unpaired) electrons. The zero-order chi connectivity index (χ0) is 19.6. The highest BCUT2D eigenvalue weighted by Crippen LogP contribution is 2.30. The van der Waals surface area contributed by atoms with Crippen LogP contribution in [-0.4, -0.2) is 17.9 Å². The lowest BCUT2D eigenvalue weighted by atomic mass is 10.0. The van der Waals surface area contributed by atoms with Gasteiger partial charge in [0.25, 0.3) is 5.91 Å². The lowest BCUT2D eigenvalue weighted by molar-refractivity contribution is -0.124. The topological polar surface area (TPSA) is 58.2 Å². The molecule has 27 heavy (non-hydrogen) atoms. The number of rotatable bonds is 5. The van der Waals surface area contributed by atoms with Crippen molar-refractivity contribution in [3.8, 4) is 0 Å². The van der Waals surface area contributed by atoms with E-state index in [9.17, 15) is 18.4 Å². The molecule has 2 amide bonds. The average Bonchev–Trinajstić information content (AvgIpc) is 3.02. The summed E-state index contributed by atoms with van der Waals surface area (Å²) in [6, 6.07) is 10.1. The molecule has 2 N–H and O–H groups in total. The van der Waals surface area contributed by atoms with Gasteiger partial charge in [0.2, 0.25) is 5.91 Å². The Kier molecular flexibility index (Phi) is 5.54. The molecule has 1 aliphatic rings. The zero-order valence-corrected chi connectivity index (χ0v) is 15.3. The summed E-state index contributed by atoms with van der Waals surface area (Å²) >= 11 is 0. The van der Waals surface area contributed by atoms with Gasteiger partial charge >= 0.3 is 0 Å². The Labute approximate surface area is 157 Å². The summed E-state index contributed by atoms with van der Waals surface area (Å²) in [4.78, 5) is 25.1. The van der Waals surface area contributed by atoms with Crippen molar-refractivity contribution in [1.82, 2.24) is 10.6 Å². The second kappa shape index (κ2) is 7.86. The summed E-state index contributed by atoms with van der Waals surface area (Å²) in [5, 5.41) is 5.44. The Morgan fingerprint density at radius 1 is 1.04 bits per heavy atom. The molecule has 2 aromatic carbocycles. The third-order valence-electron chi connectivity index (χ3n) is 4.87. The molecule has 3 rings (SSSR count). The van der Waals surface area contributed by atoms with E-state index < -0.39 is 29.1 Å². The quantitative estimate of drug-likeness (QED) is 0.844. The number of carbonyl (C=O) groups excluding carboxylic acids is 2. The van der Waals surface area contributed by atoms with E-state index in [0.717, 1.165) is 30.5 Å². The van der Waals surface area contributed by atoms with Gasteiger partial charge in [0.05, 0.1) is 6.04 Å². The molecule has 0 saturated carbocycles. The normalized spacial score (nSPS) is 16.7. The molecule has 2 atom stereocenters. The van der Waals surface area contributed by atoms with Gasteiger partial charge in [-0.05, 0) is 42.0 Å². The molecule has 4 nitrogen and oxygen atoms in total. The van der Waals surface area contributed by atoms with Gasteiger partial charge in [-0.15, -0.1) is 0 Å². The zero-order valence-electron chi connectivity index (χ0n) is 15.3. The van der Waals surface area contributed by atoms with Gasteiger partial charge in [0, 0.05) is 0 Å². The summed E-state index contributed by atoms with van der Waals surface area (Å²) in [6.07, 6.45) is 1.66. The minimum atomic E-state index is -0.958. The first-order valence-corrected chi connectivity index (χ1v) is 9.01. The van der Waals surface area contributed by atoms with E-state index in [4.69, 9.17) is 0 Å². The maximum atomic E-state index is 13.8. The van der Waals surface area contributed by atoms with Crippen molar-refractivity contribution in [2.24, 2.45) is 5.92 Å². The van der Waals surface area contributed by atoms with Crippen LogP contribution >= 0.6 is 0 Å². The van der Waals surface area contributed by atoms with Crippen LogP contribution in [0.3, 0.4) is 0 Å². The minimum absolute atomic E-state index is 0.128. The van der Waals surface area contributed by atoms with Crippen molar-refractivity contribution in [2.45, 2.75) is 38.8 Å². The van der Waals surface area contributed by atoms with Gasteiger partial charge in [0.1, 0.15) is 23.2 Å². The Balaban J connectivity index is 1.74. The molecule has 0 spiro atoms. The summed E-state index contributed by atoms with van der Waals surface area (Å²) < 4.78 is 27.7. The molecule has 0 fully saturated rings. The third kappa shape index (κ3) is 3.99. The Hall–Kier alpha value is -2.76. The number of amides is 2. The van der Waals surface area contributed by atoms with Crippen molar-refractivity contribution in [2.75, 3.05) is 0 Å². The smallest absolute Gasteiger partial charge is 0.257 e. The third-order valence-corrected chi connectivity index (χ3v) is 4.87. The van der Waals surface area contributed by atoms with Crippen LogP contribution in [0.1, 0.15) is 47.8 Å². The highest BCUT2D eigenvalue weighted by atomic mass is 19.1. The van der Waals surface area contributed by atoms with E-state index in [2.05, 4.69) is 10.6 Å². The van der Waals surface area contributed by atoms with Crippen molar-refractivity contribution < 1.29 is 18.4 Å². The monoisotopic (exact) mass is 372 g/mol. The maximum absolute atomic E-state index is 13.8. The van der Waals surface area contributed by atoms with Gasteiger partial charge in [-0.25, -0.2) is 8.78 Å². The van der Waals surface area contributed by atoms with Crippen molar-refractivity contribution >= 4 is 11.8 Å². The van der Waals surface area contributed by atoms with Crippen LogP contribution in [0.15, 0.2) is 42.5 Å². The van der Waals surface area contributed by atoms with E-state index >= 15 is 0 Å². The Bertz CT molecular complexity index is 847. The number of nitrogens with one attached hydrogen (secondary N) is 2. The fourth-order valence-electron chi connectivity index (χ4n) is 3.43. The number of halogens is 2. The highest BCUT2D eigenvalue weighted by Gasteiger charge is 2.30. The van der Waals surface area contributed by atoms with Crippen LogP contribution in [0.25, 0.3) is 0 Å². The number of hydrogen-bond acceptors (Lipinski definition) is 2. The summed E-state index contributed by atoms with van der Waals surface area (Å²) in [5.74, 6) is -3.47. The summed E-state index contributed by atoms with van der Waals surface area (Å²) in [5.41, 5.74) is 1.59. The SMILES string of the molecule is CC(C)C(NC(=O)c1c(F)cccc1F)C(=O)NC1CCc2ccccc21. The fourth-order valence-corrected chi connectivity index (χ4v) is 3.43. The first-order chi connectivity index (χ1) is 12.9. The first kappa shape index (κ1) is 19.0. The first-order valence-electron chi connectivity index (χ1n) is 9.01. The van der Waals surface area contributed by atoms with Crippen LogP contribution in [0.4, 0.5) is 8.78 Å². The maximum Gasteiger partial charge on any atom is 0.257 e. The standard InChI is InChI=1S/C21H22F2N2O2/c1-12(2)19(25-20(26)18-15(22)8-5-9-16(18)23)21(27)24-17-11-10-13-6-3-4-7-14(13)17/h3-9,12,17,19H,10-11H2,1-2H3,(H,24,27)(H,25,26). The van der Waals surface area contributed by atoms with Crippen LogP contribution in [0.2, 0.25) is 0 Å². The van der Waals surface area contributed by atoms with Crippen LogP contribution in [0, 0.1) is 17.6 Å². The molecule has 1 aliphatic carbocycles. The Morgan fingerprint density at radius 3 is 2.37 bits per heavy atom. The molecule has 2 aromatic rings. The largest absolute Gasteiger partial charge is 0.347 e. The fraction of sp³-hybridized carbons (Fsp3) is 0.333. The van der Waals surface area contributed by atoms with Gasteiger partial charge in [0.15, 0.2) is 0 Å². The van der Waals surface area contributed by atoms with Crippen molar-refractivity contribution in [3.63, 3.8) is 0 Å². The van der Waals surface area contributed by atoms with Crippen LogP contribution < -0.4 is 10.6 Å². The molecule has 142 valence electrons. The molecular formula is C21H22F2N2O2. The molecule has 0 bridgehead atoms. The van der Waals surface area contributed by atoms with Gasteiger partial charge in [-0.3, -0.25) is 9.59 Å². The number of carbonyl (C=O) groups is 2. The van der Waals surface area contributed by atoms with Crippen molar-refractivity contribution in [3.05, 3.63) is 70.8 Å². The molecular weight excluding hydrogens is 350 g/mol. The summed E-state index contributed by atoms with van der Waals surface area (Å²) in [7, 11) is 0. The number of aryl methyl sites for hydroxylation is 1. The lowest BCUT2D eigenvalue weighted by Gasteiger charge is -2.24.